The Balaban J connectivity index is 4.47. The minimum atomic E-state index is -0.819. The molecule has 0 aromatic heterocycles. The summed E-state index contributed by atoms with van der Waals surface area (Å²) in [4.78, 5) is 38.3. The molecule has 0 aliphatic rings. The van der Waals surface area contributed by atoms with E-state index in [-0.39, 0.29) is 37.5 Å². The first-order chi connectivity index (χ1) is 39.0. The third-order valence-corrected chi connectivity index (χ3v) is 13.3. The molecule has 0 spiro atoms. The van der Waals surface area contributed by atoms with Gasteiger partial charge in [-0.05, 0) is 135 Å². The van der Waals surface area contributed by atoms with Gasteiger partial charge in [0, 0.05) is 19.3 Å². The fourth-order valence-electron chi connectivity index (χ4n) is 8.54. The van der Waals surface area contributed by atoms with Gasteiger partial charge in [-0.1, -0.05) is 269 Å². The highest BCUT2D eigenvalue weighted by Gasteiger charge is 2.19. The van der Waals surface area contributed by atoms with E-state index in [2.05, 4.69) is 167 Å². The van der Waals surface area contributed by atoms with Crippen molar-refractivity contribution in [3.8, 4) is 0 Å². The number of esters is 3. The number of carbonyl (C=O) groups is 3. The lowest BCUT2D eigenvalue weighted by Crippen LogP contribution is -2.30. The number of allylic oxidation sites excluding steroid dienone is 24. The molecular formula is C73H118O6. The number of carbonyl (C=O) groups excluding carboxylic acids is 3. The molecule has 1 unspecified atom stereocenters. The molecule has 0 rings (SSSR count). The second-order valence-electron chi connectivity index (χ2n) is 20.9. The molecule has 0 bridgehead atoms. The number of hydrogen-bond donors (Lipinski definition) is 0. The molecule has 6 heteroatoms. The molecule has 0 aromatic rings. The summed E-state index contributed by atoms with van der Waals surface area (Å²) >= 11 is 0. The predicted octanol–water partition coefficient (Wildman–Crippen LogP) is 22.3. The molecular weight excluding hydrogens is 973 g/mol. The summed E-state index contributed by atoms with van der Waals surface area (Å²) in [5.41, 5.74) is 0. The number of rotatable bonds is 57. The topological polar surface area (TPSA) is 78.9 Å². The Hall–Kier alpha value is -4.71. The second-order valence-corrected chi connectivity index (χ2v) is 20.9. The molecule has 0 aliphatic heterocycles. The van der Waals surface area contributed by atoms with E-state index >= 15 is 0 Å². The van der Waals surface area contributed by atoms with Crippen LogP contribution in [0.5, 0.6) is 0 Å². The Morgan fingerprint density at radius 3 is 0.823 bits per heavy atom. The Kier molecular flexibility index (Phi) is 61.9. The van der Waals surface area contributed by atoms with E-state index in [1.807, 2.05) is 0 Å². The normalized spacial score (nSPS) is 13.1. The van der Waals surface area contributed by atoms with Gasteiger partial charge in [0.25, 0.3) is 0 Å². The maximum Gasteiger partial charge on any atom is 0.306 e. The van der Waals surface area contributed by atoms with E-state index in [9.17, 15) is 14.4 Å². The molecule has 0 heterocycles. The Morgan fingerprint density at radius 1 is 0.266 bits per heavy atom. The molecule has 0 aromatic carbocycles. The molecule has 446 valence electrons. The van der Waals surface area contributed by atoms with Crippen LogP contribution in [-0.2, 0) is 28.6 Å². The van der Waals surface area contributed by atoms with E-state index in [4.69, 9.17) is 14.2 Å². The van der Waals surface area contributed by atoms with Crippen LogP contribution in [0, 0.1) is 0 Å². The molecule has 0 radical (unpaired) electrons. The zero-order valence-electron chi connectivity index (χ0n) is 51.1. The first-order valence-electron chi connectivity index (χ1n) is 32.3. The highest BCUT2D eigenvalue weighted by Crippen LogP contribution is 2.15. The molecule has 0 saturated heterocycles. The van der Waals surface area contributed by atoms with Crippen LogP contribution < -0.4 is 0 Å². The third-order valence-electron chi connectivity index (χ3n) is 13.3. The average Bonchev–Trinajstić information content (AvgIpc) is 3.45. The standard InChI is InChI=1S/C73H118O6/c1-4-7-10-13-16-19-22-25-28-31-33-34-35-36-37-38-40-42-45-48-51-54-57-60-63-66-72(75)78-69-70(68-77-71(74)65-62-59-56-53-50-47-44-41-30-27-24-21-18-15-12-9-6-3)79-73(76)67-64-61-58-55-52-49-46-43-39-32-29-26-23-20-17-14-11-8-5-2/h8-9,11-12,17-18,20-22,25-27,29-31,33,35-36,39,43-44,47,53,56,70H,4-7,10,13-16,19,23-24,28,32,34,37-38,40-42,45-46,48-52,54-55,57-69H2,1-3H3/b11-8-,12-9-,20-17-,21-18-,25-22-,29-26-,30-27-,33-31-,36-35-,43-39-,47-44-,56-53-. The van der Waals surface area contributed by atoms with Crippen LogP contribution in [0.25, 0.3) is 0 Å². The summed E-state index contributed by atoms with van der Waals surface area (Å²) in [6, 6.07) is 0. The van der Waals surface area contributed by atoms with E-state index in [0.717, 1.165) is 128 Å². The zero-order valence-corrected chi connectivity index (χ0v) is 51.1. The zero-order chi connectivity index (χ0) is 57.1. The SMILES string of the molecule is CC/C=C\C/C=C\C/C=C\C/C=C\C/C=C\CCCC(=O)OCC(COC(=O)CCCCCCCCCCCC/C=C\C/C=C\C/C=C\CCCCCCC)OC(=O)CCCCCCCC/C=C\C/C=C\C/C=C\C/C=C\CC. The molecule has 0 fully saturated rings. The molecule has 6 nitrogen and oxygen atoms in total. The van der Waals surface area contributed by atoms with Crippen molar-refractivity contribution in [1.82, 2.24) is 0 Å². The first-order valence-corrected chi connectivity index (χ1v) is 32.3. The summed E-state index contributed by atoms with van der Waals surface area (Å²) in [5, 5.41) is 0. The van der Waals surface area contributed by atoms with E-state index in [1.165, 1.54) is 103 Å². The van der Waals surface area contributed by atoms with Gasteiger partial charge in [0.05, 0.1) is 0 Å². The Morgan fingerprint density at radius 2 is 0.506 bits per heavy atom. The van der Waals surface area contributed by atoms with Gasteiger partial charge in [0.1, 0.15) is 13.2 Å². The van der Waals surface area contributed by atoms with Crippen LogP contribution in [0.15, 0.2) is 146 Å². The van der Waals surface area contributed by atoms with Crippen LogP contribution >= 0.6 is 0 Å². The van der Waals surface area contributed by atoms with Gasteiger partial charge in [0.15, 0.2) is 6.10 Å². The minimum absolute atomic E-state index is 0.109. The van der Waals surface area contributed by atoms with E-state index < -0.39 is 6.10 Å². The van der Waals surface area contributed by atoms with Crippen LogP contribution in [-0.4, -0.2) is 37.2 Å². The lowest BCUT2D eigenvalue weighted by atomic mass is 10.1. The van der Waals surface area contributed by atoms with Crippen molar-refractivity contribution in [2.24, 2.45) is 0 Å². The second kappa shape index (κ2) is 65.8. The maximum absolute atomic E-state index is 12.9. The summed E-state index contributed by atoms with van der Waals surface area (Å²) in [5.74, 6) is -0.987. The first kappa shape index (κ1) is 74.3. The van der Waals surface area contributed by atoms with E-state index in [1.54, 1.807) is 0 Å². The largest absolute Gasteiger partial charge is 0.462 e. The van der Waals surface area contributed by atoms with Gasteiger partial charge in [-0.15, -0.1) is 0 Å². The van der Waals surface area contributed by atoms with Crippen molar-refractivity contribution in [3.05, 3.63) is 146 Å². The van der Waals surface area contributed by atoms with Gasteiger partial charge in [-0.25, -0.2) is 0 Å². The smallest absolute Gasteiger partial charge is 0.306 e. The molecule has 79 heavy (non-hydrogen) atoms. The Bertz CT molecular complexity index is 1730. The summed E-state index contributed by atoms with van der Waals surface area (Å²) in [7, 11) is 0. The van der Waals surface area contributed by atoms with Gasteiger partial charge >= 0.3 is 17.9 Å². The Labute approximate surface area is 487 Å². The minimum Gasteiger partial charge on any atom is -0.462 e. The van der Waals surface area contributed by atoms with Crippen LogP contribution in [0.4, 0.5) is 0 Å². The van der Waals surface area contributed by atoms with Gasteiger partial charge < -0.3 is 14.2 Å². The monoisotopic (exact) mass is 1090 g/mol. The highest BCUT2D eigenvalue weighted by molar-refractivity contribution is 5.71. The average molecular weight is 1090 g/mol. The summed E-state index contributed by atoms with van der Waals surface area (Å²) in [6.07, 6.45) is 94.3. The molecule has 0 aliphatic carbocycles. The maximum atomic E-state index is 12.9. The van der Waals surface area contributed by atoms with Gasteiger partial charge in [0.2, 0.25) is 0 Å². The molecule has 0 amide bonds. The third kappa shape index (κ3) is 64.0. The predicted molar refractivity (Wildman–Crippen MR) is 343 cm³/mol. The van der Waals surface area contributed by atoms with Crippen LogP contribution in [0.2, 0.25) is 0 Å². The number of unbranched alkanes of at least 4 members (excludes halogenated alkanes) is 22. The lowest BCUT2D eigenvalue weighted by molar-refractivity contribution is -0.167. The summed E-state index contributed by atoms with van der Waals surface area (Å²) < 4.78 is 16.9. The lowest BCUT2D eigenvalue weighted by Gasteiger charge is -2.18. The van der Waals surface area contributed by atoms with Crippen molar-refractivity contribution in [2.45, 2.75) is 284 Å². The fourth-order valence-corrected chi connectivity index (χ4v) is 8.54. The molecule has 1 atom stereocenters. The van der Waals surface area contributed by atoms with Crippen LogP contribution in [0.3, 0.4) is 0 Å². The van der Waals surface area contributed by atoms with Crippen molar-refractivity contribution >= 4 is 17.9 Å². The van der Waals surface area contributed by atoms with Crippen molar-refractivity contribution < 1.29 is 28.6 Å². The van der Waals surface area contributed by atoms with Crippen LogP contribution in [0.1, 0.15) is 278 Å². The number of ether oxygens (including phenoxy) is 3. The number of hydrogen-bond acceptors (Lipinski definition) is 6. The van der Waals surface area contributed by atoms with Crippen molar-refractivity contribution in [1.29, 1.82) is 0 Å². The fraction of sp³-hybridized carbons (Fsp3) is 0.630. The van der Waals surface area contributed by atoms with E-state index in [0.29, 0.717) is 19.3 Å². The molecule has 0 saturated carbocycles. The van der Waals surface area contributed by atoms with Gasteiger partial charge in [-0.2, -0.15) is 0 Å². The summed E-state index contributed by atoms with van der Waals surface area (Å²) in [6.45, 7) is 6.34. The van der Waals surface area contributed by atoms with Crippen molar-refractivity contribution in [3.63, 3.8) is 0 Å². The highest BCUT2D eigenvalue weighted by atomic mass is 16.6. The van der Waals surface area contributed by atoms with Gasteiger partial charge in [-0.3, -0.25) is 14.4 Å². The van der Waals surface area contributed by atoms with Crippen molar-refractivity contribution in [2.75, 3.05) is 13.2 Å². The molecule has 0 N–H and O–H groups in total. The quantitative estimate of drug-likeness (QED) is 0.0261.